The summed E-state index contributed by atoms with van der Waals surface area (Å²) in [5, 5.41) is 32.1. The summed E-state index contributed by atoms with van der Waals surface area (Å²) in [6, 6.07) is 31.1. The number of rotatable bonds is 9. The zero-order valence-electron chi connectivity index (χ0n) is 23.7. The number of aliphatic hydroxyl groups is 1. The van der Waals surface area contributed by atoms with E-state index < -0.39 is 6.29 Å². The molecule has 1 aliphatic heterocycles. The lowest BCUT2D eigenvalue weighted by Gasteiger charge is -2.41. The number of phenolic OH excluding ortho intramolecular Hbond substituents is 1. The molecule has 0 saturated carbocycles. The van der Waals surface area contributed by atoms with Crippen LogP contribution in [-0.2, 0) is 22.6 Å². The molecule has 1 saturated heterocycles. The lowest BCUT2D eigenvalue weighted by Crippen LogP contribution is -2.38. The Hall–Kier alpha value is -4.06. The Morgan fingerprint density at radius 3 is 2.35 bits per heavy atom. The molecule has 4 unspecified atom stereocenters. The molecule has 10 heteroatoms. The summed E-state index contributed by atoms with van der Waals surface area (Å²) >= 11 is 1.51. The van der Waals surface area contributed by atoms with Crippen LogP contribution in [0.2, 0.25) is 0 Å². The van der Waals surface area contributed by atoms with E-state index >= 15 is 0 Å². The lowest BCUT2D eigenvalue weighted by atomic mass is 9.91. The molecule has 0 spiro atoms. The smallest absolute Gasteiger partial charge is 0.214 e. The summed E-state index contributed by atoms with van der Waals surface area (Å²) in [6.45, 7) is 2.59. The Balaban J connectivity index is 1.28. The third-order valence-electron chi connectivity index (χ3n) is 7.69. The molecule has 2 heterocycles. The average molecular weight is 596 g/mol. The molecule has 220 valence electrons. The van der Waals surface area contributed by atoms with Crippen molar-refractivity contribution in [2.45, 2.75) is 43.7 Å². The summed E-state index contributed by atoms with van der Waals surface area (Å²) in [5.74, 6) is 0.769. The molecular weight excluding hydrogens is 562 g/mol. The van der Waals surface area contributed by atoms with E-state index in [1.165, 1.54) is 11.8 Å². The maximum Gasteiger partial charge on any atom is 0.214 e. The number of aromatic hydroxyl groups is 1. The lowest BCUT2D eigenvalue weighted by molar-refractivity contribution is -0.268. The van der Waals surface area contributed by atoms with E-state index in [2.05, 4.69) is 46.7 Å². The van der Waals surface area contributed by atoms with Crippen molar-refractivity contribution in [3.8, 4) is 22.6 Å². The third-order valence-corrected chi connectivity index (χ3v) is 8.70. The number of hydrogen-bond donors (Lipinski definition) is 3. The molecule has 1 aliphatic rings. The van der Waals surface area contributed by atoms with Crippen molar-refractivity contribution in [1.82, 2.24) is 20.2 Å². The largest absolute Gasteiger partial charge is 0.508 e. The zero-order valence-corrected chi connectivity index (χ0v) is 24.5. The normalized spacial score (nSPS) is 20.3. The molecule has 0 aliphatic carbocycles. The van der Waals surface area contributed by atoms with Crippen molar-refractivity contribution in [2.24, 2.45) is 11.7 Å². The average Bonchev–Trinajstić information content (AvgIpc) is 3.53. The van der Waals surface area contributed by atoms with Gasteiger partial charge in [-0.1, -0.05) is 79.3 Å². The molecule has 1 aromatic heterocycles. The minimum Gasteiger partial charge on any atom is -0.508 e. The topological polar surface area (TPSA) is 129 Å². The number of aromatic nitrogens is 4. The summed E-state index contributed by atoms with van der Waals surface area (Å²) in [4.78, 5) is 0. The van der Waals surface area contributed by atoms with Gasteiger partial charge in [0.05, 0.1) is 24.5 Å². The Kier molecular flexibility index (Phi) is 8.82. The minimum absolute atomic E-state index is 0.00569. The van der Waals surface area contributed by atoms with Crippen LogP contribution in [0.5, 0.6) is 5.75 Å². The van der Waals surface area contributed by atoms with Crippen molar-refractivity contribution >= 4 is 11.8 Å². The second-order valence-corrected chi connectivity index (χ2v) is 11.5. The van der Waals surface area contributed by atoms with Crippen molar-refractivity contribution in [1.29, 1.82) is 0 Å². The first-order valence-corrected chi connectivity index (χ1v) is 15.1. The van der Waals surface area contributed by atoms with E-state index in [4.69, 9.17) is 15.2 Å². The highest BCUT2D eigenvalue weighted by Crippen LogP contribution is 2.43. The van der Waals surface area contributed by atoms with E-state index in [0.29, 0.717) is 17.5 Å². The van der Waals surface area contributed by atoms with Crippen LogP contribution in [0.25, 0.3) is 16.8 Å². The predicted octanol–water partition coefficient (Wildman–Crippen LogP) is 5.57. The van der Waals surface area contributed by atoms with Crippen LogP contribution >= 0.6 is 11.8 Å². The molecule has 0 radical (unpaired) electrons. The fourth-order valence-corrected chi connectivity index (χ4v) is 6.29. The van der Waals surface area contributed by atoms with E-state index in [1.54, 1.807) is 28.9 Å². The number of benzene rings is 4. The van der Waals surface area contributed by atoms with Gasteiger partial charge >= 0.3 is 0 Å². The molecule has 43 heavy (non-hydrogen) atoms. The van der Waals surface area contributed by atoms with Crippen LogP contribution in [0, 0.1) is 5.92 Å². The number of ether oxygens (including phenoxy) is 2. The van der Waals surface area contributed by atoms with Gasteiger partial charge < -0.3 is 25.4 Å². The van der Waals surface area contributed by atoms with E-state index in [9.17, 15) is 10.2 Å². The molecule has 0 amide bonds. The summed E-state index contributed by atoms with van der Waals surface area (Å²) in [5.41, 5.74) is 12.6. The highest BCUT2D eigenvalue weighted by atomic mass is 32.2. The van der Waals surface area contributed by atoms with Crippen LogP contribution in [0.1, 0.15) is 41.6 Å². The minimum atomic E-state index is -0.602. The quantitative estimate of drug-likeness (QED) is 0.187. The number of phenols is 1. The first kappa shape index (κ1) is 29.0. The molecule has 5 aromatic rings. The summed E-state index contributed by atoms with van der Waals surface area (Å²) in [6.07, 6.45) is -1.04. The molecule has 9 nitrogen and oxygen atoms in total. The van der Waals surface area contributed by atoms with Gasteiger partial charge in [0, 0.05) is 23.8 Å². The zero-order chi connectivity index (χ0) is 29.8. The van der Waals surface area contributed by atoms with Crippen LogP contribution in [-0.4, -0.2) is 42.3 Å². The SMILES string of the molecule is CC1C(CSc2nnnn2-c2ccc(O)cc2)OC(c2cccc(-c3cccc(CN)c3)c2)OC1c1ccc(CO)cc1. The molecule has 4 aromatic carbocycles. The van der Waals surface area contributed by atoms with Gasteiger partial charge in [-0.25, -0.2) is 0 Å². The van der Waals surface area contributed by atoms with E-state index in [1.807, 2.05) is 48.5 Å². The monoisotopic (exact) mass is 595 g/mol. The molecule has 0 bridgehead atoms. The number of hydrogen-bond acceptors (Lipinski definition) is 9. The first-order valence-electron chi connectivity index (χ1n) is 14.1. The summed E-state index contributed by atoms with van der Waals surface area (Å²) in [7, 11) is 0. The van der Waals surface area contributed by atoms with Crippen LogP contribution in [0.4, 0.5) is 0 Å². The Bertz CT molecular complexity index is 1660. The Labute approximate surface area is 254 Å². The fourth-order valence-electron chi connectivity index (χ4n) is 5.23. The number of tetrazole rings is 1. The van der Waals surface area contributed by atoms with Gasteiger partial charge in [-0.15, -0.1) is 5.10 Å². The summed E-state index contributed by atoms with van der Waals surface area (Å²) < 4.78 is 15.0. The fraction of sp³-hybridized carbons (Fsp3) is 0.242. The van der Waals surface area contributed by atoms with E-state index in [-0.39, 0.29) is 30.5 Å². The predicted molar refractivity (Wildman–Crippen MR) is 164 cm³/mol. The maximum absolute atomic E-state index is 9.69. The van der Waals surface area contributed by atoms with Crippen LogP contribution in [0.15, 0.2) is 102 Å². The van der Waals surface area contributed by atoms with Crippen LogP contribution in [0.3, 0.4) is 0 Å². The highest BCUT2D eigenvalue weighted by Gasteiger charge is 2.38. The van der Waals surface area contributed by atoms with Gasteiger partial charge in [-0.3, -0.25) is 0 Å². The molecule has 4 atom stereocenters. The Morgan fingerprint density at radius 2 is 1.60 bits per heavy atom. The highest BCUT2D eigenvalue weighted by molar-refractivity contribution is 7.99. The van der Waals surface area contributed by atoms with Gasteiger partial charge in [0.1, 0.15) is 5.75 Å². The van der Waals surface area contributed by atoms with Crippen molar-refractivity contribution in [3.05, 3.63) is 119 Å². The van der Waals surface area contributed by atoms with Gasteiger partial charge in [0.2, 0.25) is 5.16 Å². The van der Waals surface area contributed by atoms with Gasteiger partial charge in [-0.05, 0) is 74.6 Å². The first-order chi connectivity index (χ1) is 21.0. The van der Waals surface area contributed by atoms with Crippen LogP contribution < -0.4 is 5.73 Å². The third kappa shape index (κ3) is 6.48. The van der Waals surface area contributed by atoms with Crippen molar-refractivity contribution in [3.63, 3.8) is 0 Å². The molecule has 4 N–H and O–H groups in total. The van der Waals surface area contributed by atoms with Gasteiger partial charge in [0.15, 0.2) is 6.29 Å². The van der Waals surface area contributed by atoms with E-state index in [0.717, 1.165) is 39.1 Å². The standard InChI is InChI=1S/C33H33N5O4S/c1-21-30(20-43-33-35-36-37-38(33)28-12-14-29(40)15-13-28)41-32(42-31(21)24-10-8-22(19-39)9-11-24)27-7-3-6-26(17-27)25-5-2-4-23(16-25)18-34/h2-17,21,30-32,39-40H,18-20,34H2,1H3. The number of thioether (sulfide) groups is 1. The maximum atomic E-state index is 9.69. The number of nitrogens with two attached hydrogens (primary N) is 1. The van der Waals surface area contributed by atoms with Gasteiger partial charge in [0.25, 0.3) is 0 Å². The molecular formula is C33H33N5O4S. The molecule has 6 rings (SSSR count). The van der Waals surface area contributed by atoms with Crippen molar-refractivity contribution < 1.29 is 19.7 Å². The van der Waals surface area contributed by atoms with Gasteiger partial charge in [-0.2, -0.15) is 4.68 Å². The second kappa shape index (κ2) is 13.1. The second-order valence-electron chi connectivity index (χ2n) is 10.6. The Morgan fingerprint density at radius 1 is 0.860 bits per heavy atom. The van der Waals surface area contributed by atoms with Crippen molar-refractivity contribution in [2.75, 3.05) is 5.75 Å². The number of aliphatic hydroxyl groups excluding tert-OH is 1. The molecule has 1 fully saturated rings. The number of nitrogens with zero attached hydrogens (tertiary/aromatic N) is 4.